The number of aliphatic carboxylic acids is 2. The average molecular weight is 1530 g/mol. The quantitative estimate of drug-likeness (QED) is 0.0346. The van der Waals surface area contributed by atoms with Gasteiger partial charge in [0.15, 0.2) is 0 Å². The Kier molecular flexibility index (Phi) is 28.2. The number of rotatable bonds is 26. The molecule has 3 aromatic carbocycles. The molecule has 31 heteroatoms. The molecule has 7 amide bonds. The number of carboxylic acid groups (broad SMARTS) is 2. The summed E-state index contributed by atoms with van der Waals surface area (Å²) in [5.74, 6) is -7.50. The zero-order chi connectivity index (χ0) is 70.5. The van der Waals surface area contributed by atoms with E-state index in [1.54, 1.807) is 79.3 Å². The number of phenols is 1. The van der Waals surface area contributed by atoms with Gasteiger partial charge in [-0.2, -0.15) is 0 Å². The summed E-state index contributed by atoms with van der Waals surface area (Å²) in [7, 11) is 0. The van der Waals surface area contributed by atoms with E-state index in [2.05, 4.69) is 62.0 Å². The molecule has 5 atom stereocenters. The maximum Gasteiger partial charge on any atom is 0.317 e. The van der Waals surface area contributed by atoms with Crippen LogP contribution in [0.1, 0.15) is 60.2 Å². The number of H-pyrrole nitrogens is 1. The predicted molar refractivity (Wildman–Crippen MR) is 361 cm³/mol. The van der Waals surface area contributed by atoms with Crippen molar-refractivity contribution in [2.45, 2.75) is 96.3 Å². The zero-order valence-corrected chi connectivity index (χ0v) is 57.4. The minimum absolute atomic E-state index is 0. The number of pyridine rings is 2. The minimum Gasteiger partial charge on any atom is -0.508 e. The summed E-state index contributed by atoms with van der Waals surface area (Å²) in [6.07, 6.45) is 4.02. The van der Waals surface area contributed by atoms with Crippen molar-refractivity contribution in [3.05, 3.63) is 167 Å². The summed E-state index contributed by atoms with van der Waals surface area (Å²) >= 11 is 0. The molecule has 7 heterocycles. The van der Waals surface area contributed by atoms with Crippen LogP contribution in [0.2, 0.25) is 0 Å². The van der Waals surface area contributed by atoms with Gasteiger partial charge in [-0.15, -0.1) is 5.10 Å². The van der Waals surface area contributed by atoms with Crippen LogP contribution in [0, 0.1) is 42.8 Å². The fourth-order valence-corrected chi connectivity index (χ4v) is 11.7. The van der Waals surface area contributed by atoms with Crippen LogP contribution < -0.4 is 37.6 Å². The van der Waals surface area contributed by atoms with Crippen LogP contribution >= 0.6 is 0 Å². The monoisotopic (exact) mass is 1530 g/mol. The van der Waals surface area contributed by atoms with Crippen molar-refractivity contribution in [3.8, 4) is 28.3 Å². The van der Waals surface area contributed by atoms with Crippen LogP contribution in [0.5, 0.6) is 5.75 Å². The molecule has 0 saturated carbocycles. The van der Waals surface area contributed by atoms with Crippen molar-refractivity contribution in [2.24, 2.45) is 11.7 Å². The van der Waals surface area contributed by atoms with Crippen molar-refractivity contribution >= 4 is 53.3 Å². The predicted octanol–water partition coefficient (Wildman–Crippen LogP) is 0.256. The Hall–Kier alpha value is -9.59. The van der Waals surface area contributed by atoms with Crippen LogP contribution in [-0.4, -0.2) is 225 Å². The normalized spacial score (nSPS) is 16.6. The molecule has 0 unspecified atom stereocenters. The summed E-state index contributed by atoms with van der Waals surface area (Å²) in [5, 5.41) is 55.0. The van der Waals surface area contributed by atoms with E-state index in [0.29, 0.717) is 111 Å². The third-order valence-electron chi connectivity index (χ3n) is 17.0. The molecule has 4 aromatic heterocycles. The number of benzene rings is 3. The average Bonchev–Trinajstić information content (AvgIpc) is 1.49. The van der Waals surface area contributed by atoms with Crippen molar-refractivity contribution in [2.75, 3.05) is 72.0 Å². The maximum atomic E-state index is 14.7. The Morgan fingerprint density at radius 3 is 1.68 bits per heavy atom. The largest absolute Gasteiger partial charge is 0.508 e. The number of primary amides is 1. The molecule has 10 rings (SSSR count). The van der Waals surface area contributed by atoms with Crippen molar-refractivity contribution in [1.29, 1.82) is 0 Å². The van der Waals surface area contributed by atoms with E-state index in [9.17, 15) is 58.5 Å². The number of carboxylic acids is 2. The first-order valence-electron chi connectivity index (χ1n) is 32.7. The SMILES string of the molecule is CC(C)[C@H](NC(=O)[C@H](Cc1cnc[nH]1)NC(=O)[C@H](Cc1ccccc1)NC(=O)[C@H](Cc1ccc(O)cc1)NC(=O)[C@H](C)NC(=O)Cc1ccc(-c2cc3nc(c2)Cn2nncc2-c2cccc(n2)CN2CCN(CC(=O)O)CCN(CCN(CC(=O)O)CC2)C3)cc1)C(=O)NCC(N)=O.[Tm]. The van der Waals surface area contributed by atoms with Crippen LogP contribution in [0.4, 0.5) is 0 Å². The molecule has 6 bridgehead atoms. The van der Waals surface area contributed by atoms with E-state index in [0.717, 1.165) is 16.8 Å². The van der Waals surface area contributed by atoms with Crippen molar-refractivity contribution in [1.82, 2.24) is 86.4 Å². The minimum atomic E-state index is -1.37. The van der Waals surface area contributed by atoms with Gasteiger partial charge in [-0.25, -0.2) is 14.6 Å². The van der Waals surface area contributed by atoms with Gasteiger partial charge < -0.3 is 57.9 Å². The number of phenolic OH excluding ortho intramolecular Hbond substituents is 1. The molecule has 12 N–H and O–H groups in total. The van der Waals surface area contributed by atoms with Gasteiger partial charge in [-0.1, -0.05) is 91.9 Å². The Morgan fingerprint density at radius 1 is 0.560 bits per heavy atom. The molecule has 30 nitrogen and oxygen atoms in total. The Bertz CT molecular complexity index is 3910. The number of amides is 7. The number of nitrogens with one attached hydrogen (secondary N) is 7. The summed E-state index contributed by atoms with van der Waals surface area (Å²) in [6.45, 7) is 8.71. The van der Waals surface area contributed by atoms with Crippen LogP contribution in [0.25, 0.3) is 22.5 Å². The number of aromatic amines is 1. The Labute approximate surface area is 606 Å². The zero-order valence-electron chi connectivity index (χ0n) is 55.7. The number of aromatic hydroxyl groups is 1. The van der Waals surface area contributed by atoms with Gasteiger partial charge in [-0.05, 0) is 77.1 Å². The third-order valence-corrected chi connectivity index (χ3v) is 17.0. The molecule has 0 spiro atoms. The first-order chi connectivity index (χ1) is 47.5. The van der Waals surface area contributed by atoms with Gasteiger partial charge >= 0.3 is 11.9 Å². The van der Waals surface area contributed by atoms with E-state index < -0.39 is 96.0 Å². The number of imidazole rings is 1. The molecule has 3 aliphatic heterocycles. The standard InChI is InChI=1S/C69H84N18O12.Tm/c1-43(2)64(69(99)72-36-60(70)89)81-68(98)58(33-51-34-71-42-73-51)80-67(97)57(28-45-8-5-4-6-9-45)79-66(96)56(29-46-14-18-54(88)19-15-46)78-65(95)44(3)75-61(90)30-47-12-16-48(17-13-47)49-31-52-38-84-22-26-85(40-62(91)92)24-20-83(21-25-86(27-23-84)41-63(93)94)37-50-10-7-11-55(77-50)59-35-74-82-87(59)39-53(32-49)76-52;/h4-19,31-32,34-35,42-44,56-58,64,88H,20-30,33,36-41H2,1-3H3,(H2,70,89)(H,71,73)(H,72,99)(H,75,90)(H,78,95)(H,79,96)(H,80,97)(H,81,98)(H,91,92)(H,93,94);/t44-,56-,57-,58-,64-;/m0./s1. The van der Waals surface area contributed by atoms with Gasteiger partial charge in [0.05, 0.1) is 67.9 Å². The number of hydrogen-bond acceptors (Lipinski definition) is 19. The summed E-state index contributed by atoms with van der Waals surface area (Å²) in [6, 6.07) is 25.3. The number of nitrogens with zero attached hydrogens (tertiary/aromatic N) is 10. The first kappa shape index (κ1) is 76.2. The molecular weight excluding hydrogens is 1440 g/mol. The number of hydrogen-bond donors (Lipinski definition) is 11. The van der Waals surface area contributed by atoms with E-state index in [1.807, 2.05) is 52.3 Å². The number of carbonyl (C=O) groups is 9. The van der Waals surface area contributed by atoms with Crippen LogP contribution in [0.15, 0.2) is 128 Å². The van der Waals surface area contributed by atoms with Gasteiger partial charge in [0, 0.05) is 133 Å². The third kappa shape index (κ3) is 23.3. The summed E-state index contributed by atoms with van der Waals surface area (Å²) in [4.78, 5) is 146. The smallest absolute Gasteiger partial charge is 0.317 e. The topological polar surface area (TPSA) is 411 Å². The van der Waals surface area contributed by atoms with E-state index >= 15 is 0 Å². The van der Waals surface area contributed by atoms with E-state index in [-0.39, 0.29) is 87.9 Å². The molecule has 100 heavy (non-hydrogen) atoms. The van der Waals surface area contributed by atoms with E-state index in [1.165, 1.54) is 31.6 Å². The molecule has 7 aromatic rings. The molecule has 3 aliphatic rings. The van der Waals surface area contributed by atoms with Crippen molar-refractivity contribution < 1.29 is 95.3 Å². The number of nitrogens with two attached hydrogens (primary N) is 1. The molecule has 0 aliphatic carbocycles. The maximum absolute atomic E-state index is 14.7. The van der Waals surface area contributed by atoms with Gasteiger partial charge in [0.25, 0.3) is 0 Å². The van der Waals surface area contributed by atoms with Gasteiger partial charge in [0.2, 0.25) is 41.4 Å². The van der Waals surface area contributed by atoms with Crippen LogP contribution in [-0.2, 0) is 88.5 Å². The summed E-state index contributed by atoms with van der Waals surface area (Å²) in [5.41, 5.74) is 12.4. The van der Waals surface area contributed by atoms with Gasteiger partial charge in [-0.3, -0.25) is 67.7 Å². The second kappa shape index (κ2) is 37.0. The molecule has 1 saturated heterocycles. The number of carbonyl (C=O) groups excluding carboxylic acids is 7. The number of fused-ring (bicyclic) bond motifs is 8. The van der Waals surface area contributed by atoms with Crippen molar-refractivity contribution in [3.63, 3.8) is 0 Å². The first-order valence-corrected chi connectivity index (χ1v) is 32.7. The number of aromatic nitrogens is 7. The second-order valence-corrected chi connectivity index (χ2v) is 25.1. The van der Waals surface area contributed by atoms with E-state index in [4.69, 9.17) is 15.7 Å². The Morgan fingerprint density at radius 2 is 1.11 bits per heavy atom. The van der Waals surface area contributed by atoms with Gasteiger partial charge in [0.1, 0.15) is 41.7 Å². The molecule has 1 radical (unpaired) electrons. The molecular formula is C69H84N18O12Tm. The molecule has 535 valence electrons. The fraction of sp³-hybridized carbons (Fsp3) is 0.391. The molecule has 1 fully saturated rings. The van der Waals surface area contributed by atoms with Crippen LogP contribution in [0.3, 0.4) is 0 Å². The summed E-state index contributed by atoms with van der Waals surface area (Å²) < 4.78 is 1.74. The second-order valence-electron chi connectivity index (χ2n) is 25.1. The Balaban J connectivity index is 0.0000127. The fourth-order valence-electron chi connectivity index (χ4n) is 11.7.